The SMILES string of the molecule is NC(=O)c1cc(F)cc(OC2=C=C=C3C(=C2Cl)C(O)C3(F)F)c1. The number of halogens is 4. The number of primary amides is 1. The predicted octanol–water partition coefficient (Wildman–Crippen LogP) is 2.38. The summed E-state index contributed by atoms with van der Waals surface area (Å²) < 4.78 is 45.4. The molecule has 2 aliphatic rings. The number of carbonyl (C=O) groups excluding carboxylic acids is 1. The van der Waals surface area contributed by atoms with Crippen LogP contribution in [0.3, 0.4) is 0 Å². The van der Waals surface area contributed by atoms with Gasteiger partial charge in [0, 0.05) is 17.2 Å². The Morgan fingerprint density at radius 2 is 2.04 bits per heavy atom. The summed E-state index contributed by atoms with van der Waals surface area (Å²) in [7, 11) is 0. The monoisotopic (exact) mass is 341 g/mol. The molecule has 1 unspecified atom stereocenters. The molecular weight excluding hydrogens is 335 g/mol. The number of allylic oxidation sites excluding steroid dienone is 1. The van der Waals surface area contributed by atoms with Gasteiger partial charge in [0.2, 0.25) is 5.91 Å². The lowest BCUT2D eigenvalue weighted by atomic mass is 9.77. The minimum Gasteiger partial charge on any atom is -0.447 e. The van der Waals surface area contributed by atoms with Crippen molar-refractivity contribution in [2.24, 2.45) is 5.73 Å². The van der Waals surface area contributed by atoms with Crippen LogP contribution in [0.4, 0.5) is 13.2 Å². The van der Waals surface area contributed by atoms with E-state index in [1.165, 1.54) is 0 Å². The zero-order valence-corrected chi connectivity index (χ0v) is 11.9. The molecule has 0 radical (unpaired) electrons. The van der Waals surface area contributed by atoms with E-state index in [0.717, 1.165) is 18.2 Å². The Morgan fingerprint density at radius 1 is 1.35 bits per heavy atom. The van der Waals surface area contributed by atoms with Gasteiger partial charge in [0.15, 0.2) is 11.9 Å². The Balaban J connectivity index is 2.01. The number of aliphatic hydroxyl groups is 1. The molecule has 2 aliphatic carbocycles. The highest BCUT2D eigenvalue weighted by Crippen LogP contribution is 2.51. The second-order valence-corrected chi connectivity index (χ2v) is 5.23. The molecule has 0 spiro atoms. The molecule has 8 heteroatoms. The van der Waals surface area contributed by atoms with Gasteiger partial charge in [-0.15, -0.1) is 0 Å². The normalized spacial score (nSPS) is 21.2. The second-order valence-electron chi connectivity index (χ2n) is 4.85. The zero-order valence-electron chi connectivity index (χ0n) is 11.2. The summed E-state index contributed by atoms with van der Waals surface area (Å²) in [5, 5.41) is 9.13. The van der Waals surface area contributed by atoms with Crippen molar-refractivity contribution in [3.05, 3.63) is 63.0 Å². The molecule has 3 N–H and O–H groups in total. The van der Waals surface area contributed by atoms with Crippen molar-refractivity contribution in [3.63, 3.8) is 0 Å². The lowest BCUT2D eigenvalue weighted by Crippen LogP contribution is -2.49. The minimum absolute atomic E-state index is 0.133. The van der Waals surface area contributed by atoms with Crippen LogP contribution in [-0.4, -0.2) is 23.0 Å². The standard InChI is InChI=1S/C15H7ClF3NO3/c16-12-10(2-1-9-11(12)13(21)15(9,18)19)23-8-4-6(14(20)22)3-7(17)5-8/h3-5,13,21H,(H2,20,22). The third-order valence-electron chi connectivity index (χ3n) is 3.33. The molecule has 0 aromatic heterocycles. The minimum atomic E-state index is -3.45. The second kappa shape index (κ2) is 5.05. The molecule has 0 saturated heterocycles. The maximum atomic E-state index is 13.4. The number of amides is 1. The summed E-state index contributed by atoms with van der Waals surface area (Å²) in [6.07, 6.45) is -2.08. The fourth-order valence-electron chi connectivity index (χ4n) is 2.19. The van der Waals surface area contributed by atoms with Crippen molar-refractivity contribution < 1.29 is 27.8 Å². The Hall–Kier alpha value is -2.43. The number of aliphatic hydroxyl groups excluding tert-OH is 1. The topological polar surface area (TPSA) is 72.6 Å². The molecule has 3 rings (SSSR count). The van der Waals surface area contributed by atoms with Crippen LogP contribution in [0, 0.1) is 5.82 Å². The van der Waals surface area contributed by atoms with E-state index >= 15 is 0 Å². The molecule has 0 heterocycles. The van der Waals surface area contributed by atoms with E-state index < -0.39 is 29.3 Å². The molecule has 1 aromatic carbocycles. The number of rotatable bonds is 3. The van der Waals surface area contributed by atoms with Crippen LogP contribution in [0.5, 0.6) is 5.75 Å². The summed E-state index contributed by atoms with van der Waals surface area (Å²) in [4.78, 5) is 11.1. The highest BCUT2D eigenvalue weighted by Gasteiger charge is 2.59. The number of hydrogen-bond acceptors (Lipinski definition) is 3. The van der Waals surface area contributed by atoms with Crippen molar-refractivity contribution >= 4 is 17.5 Å². The van der Waals surface area contributed by atoms with E-state index in [1.54, 1.807) is 0 Å². The molecule has 4 nitrogen and oxygen atoms in total. The summed E-state index contributed by atoms with van der Waals surface area (Å²) in [5.74, 6) is -5.48. The van der Waals surface area contributed by atoms with Gasteiger partial charge < -0.3 is 15.6 Å². The highest BCUT2D eigenvalue weighted by atomic mass is 35.5. The highest BCUT2D eigenvalue weighted by molar-refractivity contribution is 6.32. The van der Waals surface area contributed by atoms with E-state index in [4.69, 9.17) is 22.1 Å². The average Bonchev–Trinajstić information content (AvgIpc) is 2.48. The number of alkyl halides is 2. The number of benzene rings is 1. The van der Waals surface area contributed by atoms with Gasteiger partial charge in [-0.25, -0.2) is 4.39 Å². The molecule has 118 valence electrons. The lowest BCUT2D eigenvalue weighted by molar-refractivity contribution is -0.0917. The molecule has 1 atom stereocenters. The quantitative estimate of drug-likeness (QED) is 0.829. The first-order valence-corrected chi connectivity index (χ1v) is 6.60. The number of ether oxygens (including phenoxy) is 1. The number of hydrogen-bond donors (Lipinski definition) is 2. The van der Waals surface area contributed by atoms with E-state index in [0.29, 0.717) is 0 Å². The molecular formula is C15H7ClF3NO3. The van der Waals surface area contributed by atoms with Crippen molar-refractivity contribution in [1.29, 1.82) is 0 Å². The molecule has 1 amide bonds. The molecule has 1 saturated carbocycles. The van der Waals surface area contributed by atoms with Gasteiger partial charge in [0.05, 0.1) is 10.6 Å². The number of fused-ring (bicyclic) bond motifs is 1. The van der Waals surface area contributed by atoms with Gasteiger partial charge in [-0.3, -0.25) is 4.79 Å². The molecule has 0 aliphatic heterocycles. The van der Waals surface area contributed by atoms with E-state index in [1.807, 2.05) is 0 Å². The van der Waals surface area contributed by atoms with Gasteiger partial charge in [0.1, 0.15) is 11.6 Å². The largest absolute Gasteiger partial charge is 0.447 e. The Bertz CT molecular complexity index is 878. The molecule has 1 aromatic rings. The van der Waals surface area contributed by atoms with E-state index in [2.05, 4.69) is 11.5 Å². The average molecular weight is 342 g/mol. The summed E-state index contributed by atoms with van der Waals surface area (Å²) >= 11 is 5.91. The van der Waals surface area contributed by atoms with Gasteiger partial charge in [-0.2, -0.15) is 8.78 Å². The van der Waals surface area contributed by atoms with Crippen molar-refractivity contribution in [2.45, 2.75) is 12.0 Å². The Labute approximate surface area is 132 Å². The van der Waals surface area contributed by atoms with Gasteiger partial charge in [-0.1, -0.05) is 17.3 Å². The Kier molecular flexibility index (Phi) is 3.39. The number of nitrogens with two attached hydrogens (primary N) is 1. The van der Waals surface area contributed by atoms with Crippen LogP contribution in [0.1, 0.15) is 10.4 Å². The fraction of sp³-hybridized carbons (Fsp3) is 0.133. The van der Waals surface area contributed by atoms with Crippen molar-refractivity contribution in [3.8, 4) is 5.75 Å². The third-order valence-corrected chi connectivity index (χ3v) is 3.71. The van der Waals surface area contributed by atoms with Crippen LogP contribution in [0.25, 0.3) is 0 Å². The van der Waals surface area contributed by atoms with Crippen molar-refractivity contribution in [2.75, 3.05) is 0 Å². The van der Waals surface area contributed by atoms with E-state index in [9.17, 15) is 23.1 Å². The molecule has 0 bridgehead atoms. The maximum absolute atomic E-state index is 13.4. The smallest absolute Gasteiger partial charge is 0.310 e. The fourth-order valence-corrected chi connectivity index (χ4v) is 2.47. The van der Waals surface area contributed by atoms with Crippen molar-refractivity contribution in [1.82, 2.24) is 0 Å². The van der Waals surface area contributed by atoms with Crippen LogP contribution in [0.2, 0.25) is 0 Å². The van der Waals surface area contributed by atoms with E-state index in [-0.39, 0.29) is 27.7 Å². The molecule has 1 fully saturated rings. The summed E-state index contributed by atoms with van der Waals surface area (Å²) in [5.41, 5.74) is 8.56. The first-order valence-electron chi connectivity index (χ1n) is 6.22. The van der Waals surface area contributed by atoms with Crippen LogP contribution in [0.15, 0.2) is 51.6 Å². The summed E-state index contributed by atoms with van der Waals surface area (Å²) in [6.45, 7) is 0. The van der Waals surface area contributed by atoms with Gasteiger partial charge in [-0.05, 0) is 17.9 Å². The maximum Gasteiger partial charge on any atom is 0.310 e. The Morgan fingerprint density at radius 3 is 2.70 bits per heavy atom. The number of carbonyl (C=O) groups is 1. The first-order chi connectivity index (χ1) is 10.7. The molecule has 23 heavy (non-hydrogen) atoms. The van der Waals surface area contributed by atoms with Crippen LogP contribution < -0.4 is 10.5 Å². The first kappa shape index (κ1) is 15.5. The third kappa shape index (κ3) is 2.36. The zero-order chi connectivity index (χ0) is 16.9. The lowest BCUT2D eigenvalue weighted by Gasteiger charge is -2.38. The van der Waals surface area contributed by atoms with Crippen LogP contribution >= 0.6 is 11.6 Å². The van der Waals surface area contributed by atoms with Gasteiger partial charge in [0.25, 0.3) is 0 Å². The summed E-state index contributed by atoms with van der Waals surface area (Å²) in [6, 6.07) is 3.01. The van der Waals surface area contributed by atoms with Crippen LogP contribution in [-0.2, 0) is 0 Å². The predicted molar refractivity (Wildman–Crippen MR) is 73.4 cm³/mol. The van der Waals surface area contributed by atoms with Gasteiger partial charge >= 0.3 is 5.92 Å².